The van der Waals surface area contributed by atoms with Crippen molar-refractivity contribution in [2.75, 3.05) is 106 Å². The number of rotatable bonds is 28. The fourth-order valence-electron chi connectivity index (χ4n) is 3.83. The number of hydrogen-bond donors (Lipinski definition) is 0. The van der Waals surface area contributed by atoms with E-state index in [2.05, 4.69) is 6.92 Å². The summed E-state index contributed by atoms with van der Waals surface area (Å²) in [5.74, 6) is -0.725. The highest BCUT2D eigenvalue weighted by molar-refractivity contribution is 6.21. The second-order valence-electron chi connectivity index (χ2n) is 9.27. The molecule has 2 amide bonds. The maximum absolute atomic E-state index is 12.3. The summed E-state index contributed by atoms with van der Waals surface area (Å²) in [6.07, 6.45) is 3.47. The molecule has 12 nitrogen and oxygen atoms in total. The smallest absolute Gasteiger partial charge is 0.305 e. The van der Waals surface area contributed by atoms with Crippen molar-refractivity contribution in [3.8, 4) is 0 Å². The third-order valence-corrected chi connectivity index (χ3v) is 6.04. The number of fused-ring (bicyclic) bond motifs is 1. The molecule has 12 heteroatoms. The summed E-state index contributed by atoms with van der Waals surface area (Å²) in [7, 11) is 0. The van der Waals surface area contributed by atoms with Gasteiger partial charge in [0.1, 0.15) is 6.61 Å². The number of amides is 2. The lowest BCUT2D eigenvalue weighted by molar-refractivity contribution is -0.145. The van der Waals surface area contributed by atoms with E-state index in [1.165, 1.54) is 4.90 Å². The molecule has 0 radical (unpaired) electrons. The molecule has 0 unspecified atom stereocenters. The predicted molar refractivity (Wildman–Crippen MR) is 153 cm³/mol. The zero-order valence-corrected chi connectivity index (χ0v) is 24.9. The van der Waals surface area contributed by atoms with Crippen LogP contribution in [0.15, 0.2) is 24.3 Å². The van der Waals surface area contributed by atoms with Gasteiger partial charge in [-0.3, -0.25) is 19.3 Å². The summed E-state index contributed by atoms with van der Waals surface area (Å²) in [6.45, 7) is 8.55. The first-order chi connectivity index (χ1) is 20.6. The maximum Gasteiger partial charge on any atom is 0.305 e. The van der Waals surface area contributed by atoms with Gasteiger partial charge in [0.2, 0.25) is 0 Å². The van der Waals surface area contributed by atoms with E-state index in [0.29, 0.717) is 103 Å². The molecular formula is C30H47NO11. The third kappa shape index (κ3) is 15.7. The normalized spacial score (nSPS) is 12.7. The summed E-state index contributed by atoms with van der Waals surface area (Å²) in [5.41, 5.74) is 0.882. The van der Waals surface area contributed by atoms with Crippen molar-refractivity contribution >= 4 is 17.8 Å². The summed E-state index contributed by atoms with van der Waals surface area (Å²) in [4.78, 5) is 37.2. The van der Waals surface area contributed by atoms with Crippen LogP contribution in [0.4, 0.5) is 0 Å². The summed E-state index contributed by atoms with van der Waals surface area (Å²) >= 11 is 0. The van der Waals surface area contributed by atoms with Crippen LogP contribution in [-0.4, -0.2) is 128 Å². The average Bonchev–Trinajstić information content (AvgIpc) is 3.24. The van der Waals surface area contributed by atoms with Crippen molar-refractivity contribution in [2.24, 2.45) is 0 Å². The van der Waals surface area contributed by atoms with E-state index in [9.17, 15) is 14.4 Å². The van der Waals surface area contributed by atoms with Gasteiger partial charge in [0, 0.05) is 6.42 Å². The number of ether oxygens (including phenoxy) is 8. The first kappa shape index (κ1) is 35.7. The minimum atomic E-state index is -0.279. The zero-order chi connectivity index (χ0) is 30.1. The molecule has 0 atom stereocenters. The van der Waals surface area contributed by atoms with Gasteiger partial charge in [-0.2, -0.15) is 0 Å². The van der Waals surface area contributed by atoms with Crippen LogP contribution in [0.5, 0.6) is 0 Å². The van der Waals surface area contributed by atoms with E-state index >= 15 is 0 Å². The van der Waals surface area contributed by atoms with Crippen LogP contribution in [0.25, 0.3) is 0 Å². The van der Waals surface area contributed by atoms with Gasteiger partial charge in [-0.1, -0.05) is 31.9 Å². The van der Waals surface area contributed by atoms with Crippen molar-refractivity contribution in [1.82, 2.24) is 4.90 Å². The fourth-order valence-corrected chi connectivity index (χ4v) is 3.83. The van der Waals surface area contributed by atoms with Crippen molar-refractivity contribution in [3.05, 3.63) is 35.4 Å². The minimum Gasteiger partial charge on any atom is -0.463 e. The molecule has 0 N–H and O–H groups in total. The molecule has 0 saturated carbocycles. The lowest BCUT2D eigenvalue weighted by atomic mass is 10.1. The van der Waals surface area contributed by atoms with Gasteiger partial charge in [0.15, 0.2) is 0 Å². The Bertz CT molecular complexity index is 848. The van der Waals surface area contributed by atoms with Crippen molar-refractivity contribution in [3.63, 3.8) is 0 Å². The van der Waals surface area contributed by atoms with Crippen molar-refractivity contribution in [2.45, 2.75) is 32.6 Å². The van der Waals surface area contributed by atoms with E-state index in [1.807, 2.05) is 0 Å². The molecule has 0 fully saturated rings. The molecular weight excluding hydrogens is 550 g/mol. The van der Waals surface area contributed by atoms with Gasteiger partial charge < -0.3 is 37.9 Å². The Balaban J connectivity index is 1.22. The van der Waals surface area contributed by atoms with Crippen LogP contribution >= 0.6 is 0 Å². The standard InChI is InChI=1S/C30H47NO11/c1-2-3-4-9-28(32)42-25-24-41-23-22-40-21-20-39-19-18-38-17-16-37-15-14-36-13-12-35-11-10-31-29(33)26-7-5-6-8-27(26)30(31)34/h5-8H,2-4,9-25H2,1H3. The van der Waals surface area contributed by atoms with Crippen LogP contribution in [-0.2, 0) is 42.7 Å². The van der Waals surface area contributed by atoms with Crippen LogP contribution in [0.1, 0.15) is 53.3 Å². The number of imide groups is 1. The summed E-state index contributed by atoms with van der Waals surface area (Å²) < 4.78 is 43.1. The van der Waals surface area contributed by atoms with E-state index in [-0.39, 0.29) is 37.5 Å². The lowest BCUT2D eigenvalue weighted by Gasteiger charge is -2.13. The molecule has 42 heavy (non-hydrogen) atoms. The molecule has 0 bridgehead atoms. The number of carbonyl (C=O) groups is 3. The highest BCUT2D eigenvalue weighted by Crippen LogP contribution is 2.21. The molecule has 1 aromatic rings. The van der Waals surface area contributed by atoms with Gasteiger partial charge in [-0.15, -0.1) is 0 Å². The molecule has 0 saturated heterocycles. The number of carbonyl (C=O) groups excluding carboxylic acids is 3. The molecule has 1 aliphatic heterocycles. The summed E-state index contributed by atoms with van der Waals surface area (Å²) in [5, 5.41) is 0. The summed E-state index contributed by atoms with van der Waals surface area (Å²) in [6, 6.07) is 6.81. The molecule has 1 aliphatic rings. The molecule has 2 rings (SSSR count). The molecule has 0 aromatic heterocycles. The van der Waals surface area contributed by atoms with E-state index in [1.54, 1.807) is 24.3 Å². The van der Waals surface area contributed by atoms with Gasteiger partial charge in [0.05, 0.1) is 110 Å². The van der Waals surface area contributed by atoms with E-state index < -0.39 is 0 Å². The number of unbranched alkanes of at least 4 members (excludes halogenated alkanes) is 2. The second kappa shape index (κ2) is 24.0. The molecule has 0 aliphatic carbocycles. The van der Waals surface area contributed by atoms with E-state index in [4.69, 9.17) is 37.9 Å². The predicted octanol–water partition coefficient (Wildman–Crippen LogP) is 2.52. The molecule has 1 heterocycles. The number of benzene rings is 1. The highest BCUT2D eigenvalue weighted by Gasteiger charge is 2.34. The number of esters is 1. The van der Waals surface area contributed by atoms with Gasteiger partial charge in [-0.05, 0) is 18.6 Å². The minimum absolute atomic E-state index is 0.167. The Morgan fingerprint density at radius 2 is 0.952 bits per heavy atom. The Kier molecular flexibility index (Phi) is 20.5. The Morgan fingerprint density at radius 3 is 1.36 bits per heavy atom. The van der Waals surface area contributed by atoms with Crippen LogP contribution in [0, 0.1) is 0 Å². The van der Waals surface area contributed by atoms with Crippen LogP contribution in [0.3, 0.4) is 0 Å². The monoisotopic (exact) mass is 597 g/mol. The molecule has 238 valence electrons. The van der Waals surface area contributed by atoms with Crippen LogP contribution in [0.2, 0.25) is 0 Å². The van der Waals surface area contributed by atoms with Gasteiger partial charge in [-0.25, -0.2) is 0 Å². The van der Waals surface area contributed by atoms with Gasteiger partial charge >= 0.3 is 5.97 Å². The topological polar surface area (TPSA) is 128 Å². The second-order valence-corrected chi connectivity index (χ2v) is 9.27. The maximum atomic E-state index is 12.3. The lowest BCUT2D eigenvalue weighted by Crippen LogP contribution is -2.33. The number of nitrogens with zero attached hydrogens (tertiary/aromatic N) is 1. The highest BCUT2D eigenvalue weighted by atomic mass is 16.6. The van der Waals surface area contributed by atoms with Crippen LogP contribution < -0.4 is 0 Å². The molecule has 1 aromatic carbocycles. The quantitative estimate of drug-likeness (QED) is 0.0803. The zero-order valence-electron chi connectivity index (χ0n) is 24.9. The SMILES string of the molecule is CCCCCC(=O)OCCOCCOCCOCCOCCOCCOCCOCCN1C(=O)c2ccccc2C1=O. The Hall–Kier alpha value is -2.45. The first-order valence-corrected chi connectivity index (χ1v) is 14.8. The largest absolute Gasteiger partial charge is 0.463 e. The van der Waals surface area contributed by atoms with Crippen molar-refractivity contribution < 1.29 is 52.3 Å². The third-order valence-electron chi connectivity index (χ3n) is 6.04. The van der Waals surface area contributed by atoms with E-state index in [0.717, 1.165) is 19.3 Å². The van der Waals surface area contributed by atoms with Crippen molar-refractivity contribution in [1.29, 1.82) is 0 Å². The Morgan fingerprint density at radius 1 is 0.571 bits per heavy atom. The molecule has 0 spiro atoms. The Labute approximate surface area is 248 Å². The average molecular weight is 598 g/mol. The fraction of sp³-hybridized carbons (Fsp3) is 0.700. The number of hydrogen-bond acceptors (Lipinski definition) is 11. The van der Waals surface area contributed by atoms with Gasteiger partial charge in [0.25, 0.3) is 11.8 Å². The first-order valence-electron chi connectivity index (χ1n) is 14.8.